The minimum atomic E-state index is -0.933. The van der Waals surface area contributed by atoms with Crippen LogP contribution in [0.1, 0.15) is 25.5 Å². The lowest BCUT2D eigenvalue weighted by Gasteiger charge is -2.16. The number of fused-ring (bicyclic) bond motifs is 1. The molecule has 4 atom stereocenters. The molecule has 120 valence electrons. The molecule has 1 saturated heterocycles. The van der Waals surface area contributed by atoms with E-state index in [1.165, 1.54) is 6.33 Å². The van der Waals surface area contributed by atoms with E-state index in [1.807, 2.05) is 0 Å². The molecule has 2 aromatic heterocycles. The Kier molecular flexibility index (Phi) is 4.26. The molecule has 0 spiro atoms. The molecule has 2 aromatic rings. The first-order chi connectivity index (χ1) is 10.5. The topological polar surface area (TPSA) is 114 Å². The Morgan fingerprint density at radius 2 is 2.09 bits per heavy atom. The highest BCUT2D eigenvalue weighted by molar-refractivity contribution is 7.99. The molecule has 0 aromatic carbocycles. The third-order valence-electron chi connectivity index (χ3n) is 3.94. The van der Waals surface area contributed by atoms with Crippen LogP contribution in [0, 0.1) is 0 Å². The molecule has 0 saturated carbocycles. The molecular weight excluding hydrogens is 304 g/mol. The number of aliphatic hydroxyl groups is 2. The highest BCUT2D eigenvalue weighted by Gasteiger charge is 2.42. The van der Waals surface area contributed by atoms with Crippen molar-refractivity contribution in [1.29, 1.82) is 0 Å². The molecule has 22 heavy (non-hydrogen) atoms. The largest absolute Gasteiger partial charge is 0.389 e. The number of H-pyrrole nitrogens is 2. The molecule has 0 aliphatic carbocycles. The first-order valence-corrected chi connectivity index (χ1v) is 8.32. The van der Waals surface area contributed by atoms with Crippen LogP contribution in [0.5, 0.6) is 0 Å². The Balaban J connectivity index is 1.88. The number of aromatic nitrogens is 3. The van der Waals surface area contributed by atoms with Crippen LogP contribution in [0.3, 0.4) is 0 Å². The summed E-state index contributed by atoms with van der Waals surface area (Å²) in [6, 6.07) is -0.643. The zero-order valence-electron chi connectivity index (χ0n) is 12.4. The van der Waals surface area contributed by atoms with Gasteiger partial charge in [0, 0.05) is 23.6 Å². The Hall–Kier alpha value is -1.35. The van der Waals surface area contributed by atoms with Crippen LogP contribution in [0.15, 0.2) is 17.3 Å². The lowest BCUT2D eigenvalue weighted by Crippen LogP contribution is -2.35. The molecule has 3 heterocycles. The number of nitrogens with one attached hydrogen (secondary N) is 3. The molecule has 1 aliphatic heterocycles. The van der Waals surface area contributed by atoms with Crippen molar-refractivity contribution in [1.82, 2.24) is 20.3 Å². The van der Waals surface area contributed by atoms with Gasteiger partial charge in [-0.2, -0.15) is 11.8 Å². The van der Waals surface area contributed by atoms with Gasteiger partial charge in [-0.15, -0.1) is 0 Å². The Bertz CT molecular complexity index is 713. The second-order valence-corrected chi connectivity index (χ2v) is 7.42. The fraction of sp³-hybridized carbons (Fsp3) is 0.571. The maximum atomic E-state index is 11.7. The minimum absolute atomic E-state index is 0.195. The number of hydrogen-bond donors (Lipinski definition) is 5. The van der Waals surface area contributed by atoms with Gasteiger partial charge in [-0.1, -0.05) is 13.8 Å². The summed E-state index contributed by atoms with van der Waals surface area (Å²) >= 11 is 1.73. The summed E-state index contributed by atoms with van der Waals surface area (Å²) in [5.41, 5.74) is 1.34. The molecule has 3 rings (SSSR count). The number of thioether (sulfide) groups is 1. The first kappa shape index (κ1) is 15.5. The smallest absolute Gasteiger partial charge is 0.275 e. The van der Waals surface area contributed by atoms with Crippen LogP contribution in [0.2, 0.25) is 0 Å². The van der Waals surface area contributed by atoms with Gasteiger partial charge in [0.25, 0.3) is 5.56 Å². The normalized spacial score (nSPS) is 28.8. The fourth-order valence-electron chi connectivity index (χ4n) is 2.79. The molecule has 0 radical (unpaired) electrons. The van der Waals surface area contributed by atoms with E-state index in [0.29, 0.717) is 27.6 Å². The lowest BCUT2D eigenvalue weighted by molar-refractivity contribution is 0.0308. The van der Waals surface area contributed by atoms with Crippen molar-refractivity contribution < 1.29 is 10.2 Å². The fourth-order valence-corrected chi connectivity index (χ4v) is 3.67. The molecular formula is C14H20N4O3S. The molecule has 1 aliphatic rings. The zero-order valence-corrected chi connectivity index (χ0v) is 13.2. The van der Waals surface area contributed by atoms with Gasteiger partial charge in [0.05, 0.1) is 18.5 Å². The summed E-state index contributed by atoms with van der Waals surface area (Å²) in [5.74, 6) is 0.711. The summed E-state index contributed by atoms with van der Waals surface area (Å²) in [4.78, 5) is 21.3. The Morgan fingerprint density at radius 3 is 2.82 bits per heavy atom. The summed E-state index contributed by atoms with van der Waals surface area (Å²) in [7, 11) is 0. The molecule has 0 amide bonds. The maximum absolute atomic E-state index is 11.7. The standard InChI is InChI=1S/C14H20N4O3S/c1-6(2)22-4-8-12(19)13(20)10(18-8)7-3-15-11-9(7)16-5-17-14(11)21/h3,5-6,8,10,12-13,15,18-20H,4H2,1-2H3,(H,16,17,21). The number of aromatic amines is 2. The van der Waals surface area contributed by atoms with Gasteiger partial charge in [0.15, 0.2) is 0 Å². The van der Waals surface area contributed by atoms with Crippen LogP contribution >= 0.6 is 11.8 Å². The van der Waals surface area contributed by atoms with Gasteiger partial charge in [-0.25, -0.2) is 4.98 Å². The molecule has 7 nitrogen and oxygen atoms in total. The quantitative estimate of drug-likeness (QED) is 0.546. The van der Waals surface area contributed by atoms with Crippen LogP contribution < -0.4 is 10.9 Å². The van der Waals surface area contributed by atoms with Crippen molar-refractivity contribution in [3.8, 4) is 0 Å². The Labute approximate surface area is 131 Å². The average Bonchev–Trinajstić information content (AvgIpc) is 3.01. The predicted molar refractivity (Wildman–Crippen MR) is 86.0 cm³/mol. The van der Waals surface area contributed by atoms with Crippen LogP contribution in [-0.4, -0.2) is 54.4 Å². The number of hydrogen-bond acceptors (Lipinski definition) is 6. The number of rotatable bonds is 4. The van der Waals surface area contributed by atoms with Crippen LogP contribution in [0.25, 0.3) is 11.0 Å². The van der Waals surface area contributed by atoms with E-state index in [1.54, 1.807) is 18.0 Å². The van der Waals surface area contributed by atoms with E-state index in [0.717, 1.165) is 0 Å². The Morgan fingerprint density at radius 1 is 1.32 bits per heavy atom. The first-order valence-electron chi connectivity index (χ1n) is 7.27. The monoisotopic (exact) mass is 324 g/mol. The third kappa shape index (κ3) is 2.67. The van der Waals surface area contributed by atoms with Crippen LogP contribution in [0.4, 0.5) is 0 Å². The van der Waals surface area contributed by atoms with E-state index in [4.69, 9.17) is 0 Å². The molecule has 1 fully saturated rings. The predicted octanol–water partition coefficient (Wildman–Crippen LogP) is 0.128. The molecule has 8 heteroatoms. The van der Waals surface area contributed by atoms with Gasteiger partial charge in [0.2, 0.25) is 0 Å². The minimum Gasteiger partial charge on any atom is -0.389 e. The maximum Gasteiger partial charge on any atom is 0.275 e. The van der Waals surface area contributed by atoms with Crippen LogP contribution in [-0.2, 0) is 0 Å². The molecule has 5 N–H and O–H groups in total. The summed E-state index contributed by atoms with van der Waals surface area (Å²) in [6.45, 7) is 4.19. The summed E-state index contributed by atoms with van der Waals surface area (Å²) in [5, 5.41) is 24.3. The van der Waals surface area contributed by atoms with E-state index in [-0.39, 0.29) is 11.6 Å². The van der Waals surface area contributed by atoms with Gasteiger partial charge in [-0.05, 0) is 5.25 Å². The second-order valence-electron chi connectivity index (χ2n) is 5.81. The van der Waals surface area contributed by atoms with Gasteiger partial charge < -0.3 is 25.5 Å². The van der Waals surface area contributed by atoms with Crippen molar-refractivity contribution in [3.63, 3.8) is 0 Å². The molecule has 4 unspecified atom stereocenters. The number of nitrogens with zero attached hydrogens (tertiary/aromatic N) is 1. The second kappa shape index (κ2) is 6.04. The third-order valence-corrected chi connectivity index (χ3v) is 5.16. The number of aliphatic hydroxyl groups excluding tert-OH is 2. The van der Waals surface area contributed by atoms with Crippen molar-refractivity contribution in [2.24, 2.45) is 0 Å². The van der Waals surface area contributed by atoms with Crippen molar-refractivity contribution >= 4 is 22.8 Å². The van der Waals surface area contributed by atoms with E-state index in [2.05, 4.69) is 34.1 Å². The van der Waals surface area contributed by atoms with E-state index in [9.17, 15) is 15.0 Å². The van der Waals surface area contributed by atoms with Gasteiger partial charge >= 0.3 is 0 Å². The summed E-state index contributed by atoms with van der Waals surface area (Å²) < 4.78 is 0. The SMILES string of the molecule is CC(C)SCC1NC(c2c[nH]c3c(=O)[nH]cnc23)C(O)C1O. The van der Waals surface area contributed by atoms with E-state index >= 15 is 0 Å². The zero-order chi connectivity index (χ0) is 15.9. The summed E-state index contributed by atoms with van der Waals surface area (Å²) in [6.07, 6.45) is 1.23. The van der Waals surface area contributed by atoms with Gasteiger partial charge in [-0.3, -0.25) is 4.79 Å². The lowest BCUT2D eigenvalue weighted by atomic mass is 10.0. The molecule has 0 bridgehead atoms. The van der Waals surface area contributed by atoms with Crippen molar-refractivity contribution in [2.45, 2.75) is 43.4 Å². The van der Waals surface area contributed by atoms with Crippen molar-refractivity contribution in [2.75, 3.05) is 5.75 Å². The van der Waals surface area contributed by atoms with E-state index < -0.39 is 18.2 Å². The average molecular weight is 324 g/mol. The highest BCUT2D eigenvalue weighted by atomic mass is 32.2. The van der Waals surface area contributed by atoms with Gasteiger partial charge in [0.1, 0.15) is 17.1 Å². The van der Waals surface area contributed by atoms with Crippen molar-refractivity contribution in [3.05, 3.63) is 28.4 Å². The highest BCUT2D eigenvalue weighted by Crippen LogP contribution is 2.32.